The molecular weight excluding hydrogens is 321 g/mol. The zero-order chi connectivity index (χ0) is 13.3. The molecule has 0 radical (unpaired) electrons. The van der Waals surface area contributed by atoms with Gasteiger partial charge in [-0.3, -0.25) is 10.1 Å². The van der Waals surface area contributed by atoms with Crippen molar-refractivity contribution in [3.63, 3.8) is 0 Å². The molecule has 0 amide bonds. The molecule has 0 bridgehead atoms. The Kier molecular flexibility index (Phi) is 4.27. The molecule has 2 N–H and O–H groups in total. The van der Waals surface area contributed by atoms with E-state index < -0.39 is 18.1 Å². The minimum absolute atomic E-state index is 0.226. The Bertz CT molecular complexity index is 469. The Morgan fingerprint density at radius 1 is 1.61 bits per heavy atom. The average molecular weight is 335 g/mol. The minimum Gasteiger partial charge on any atom is -0.480 e. The zero-order valence-electron chi connectivity index (χ0n) is 9.69. The van der Waals surface area contributed by atoms with E-state index in [1.165, 1.54) is 0 Å². The van der Waals surface area contributed by atoms with Crippen LogP contribution >= 0.6 is 27.5 Å². The highest BCUT2D eigenvalue weighted by Gasteiger charge is 2.33. The number of carbonyl (C=O) groups is 1. The third-order valence-corrected chi connectivity index (χ3v) is 3.77. The molecule has 4 nitrogen and oxygen atoms in total. The Hall–Kier alpha value is -0.620. The van der Waals surface area contributed by atoms with Crippen LogP contribution in [0.25, 0.3) is 0 Å². The fourth-order valence-electron chi connectivity index (χ4n) is 2.02. The molecule has 1 aromatic carbocycles. The number of aliphatic carboxylic acids is 1. The smallest absolute Gasteiger partial charge is 0.323 e. The van der Waals surface area contributed by atoms with Gasteiger partial charge in [-0.1, -0.05) is 33.6 Å². The molecule has 1 aliphatic rings. The molecular formula is C12H13BrClNO3. The van der Waals surface area contributed by atoms with E-state index in [0.29, 0.717) is 11.6 Å². The van der Waals surface area contributed by atoms with Crippen LogP contribution in [0.1, 0.15) is 18.6 Å². The van der Waals surface area contributed by atoms with Crippen molar-refractivity contribution < 1.29 is 14.6 Å². The van der Waals surface area contributed by atoms with Crippen LogP contribution in [0.4, 0.5) is 0 Å². The molecule has 2 rings (SSSR count). The van der Waals surface area contributed by atoms with E-state index in [1.807, 2.05) is 12.1 Å². The molecule has 1 aliphatic heterocycles. The van der Waals surface area contributed by atoms with Gasteiger partial charge in [0.05, 0.1) is 12.2 Å². The van der Waals surface area contributed by atoms with E-state index in [2.05, 4.69) is 21.2 Å². The first kappa shape index (κ1) is 13.8. The minimum atomic E-state index is -0.900. The normalized spacial score (nSPS) is 28.1. The van der Waals surface area contributed by atoms with E-state index in [-0.39, 0.29) is 6.10 Å². The molecule has 1 heterocycles. The van der Waals surface area contributed by atoms with Gasteiger partial charge in [0.1, 0.15) is 6.04 Å². The standard InChI is InChI=1S/C12H13BrClNO3/c1-6-11(12(16)17)15-5-10(18-6)8-3-2-7(13)4-9(8)14/h2-4,6,10-11,15H,5H2,1H3,(H,16,17). The summed E-state index contributed by atoms with van der Waals surface area (Å²) in [6.45, 7) is 2.17. The SMILES string of the molecule is CC1OC(c2ccc(Br)cc2Cl)CNC1C(=O)O. The molecule has 3 unspecified atom stereocenters. The molecule has 1 fully saturated rings. The van der Waals surface area contributed by atoms with Crippen LogP contribution in [0.5, 0.6) is 0 Å². The van der Waals surface area contributed by atoms with Crippen LogP contribution in [-0.4, -0.2) is 29.8 Å². The van der Waals surface area contributed by atoms with Crippen molar-refractivity contribution in [2.45, 2.75) is 25.2 Å². The van der Waals surface area contributed by atoms with Crippen LogP contribution in [0.3, 0.4) is 0 Å². The highest BCUT2D eigenvalue weighted by molar-refractivity contribution is 9.10. The lowest BCUT2D eigenvalue weighted by Gasteiger charge is -2.34. The van der Waals surface area contributed by atoms with Gasteiger partial charge in [0.25, 0.3) is 0 Å². The maximum absolute atomic E-state index is 10.9. The van der Waals surface area contributed by atoms with E-state index in [1.54, 1.807) is 13.0 Å². The zero-order valence-corrected chi connectivity index (χ0v) is 12.0. The van der Waals surface area contributed by atoms with Crippen LogP contribution in [0.2, 0.25) is 5.02 Å². The molecule has 6 heteroatoms. The Morgan fingerprint density at radius 3 is 2.89 bits per heavy atom. The van der Waals surface area contributed by atoms with Crippen LogP contribution in [0.15, 0.2) is 22.7 Å². The van der Waals surface area contributed by atoms with Crippen molar-refractivity contribution in [1.82, 2.24) is 5.32 Å². The molecule has 0 aliphatic carbocycles. The van der Waals surface area contributed by atoms with Crippen LogP contribution in [-0.2, 0) is 9.53 Å². The molecule has 98 valence electrons. The number of halogens is 2. The summed E-state index contributed by atoms with van der Waals surface area (Å²) < 4.78 is 6.62. The fraction of sp³-hybridized carbons (Fsp3) is 0.417. The maximum atomic E-state index is 10.9. The van der Waals surface area contributed by atoms with Crippen LogP contribution in [0, 0.1) is 0 Å². The first-order valence-corrected chi connectivity index (χ1v) is 6.72. The summed E-state index contributed by atoms with van der Waals surface area (Å²) in [5.74, 6) is -0.900. The van der Waals surface area contributed by atoms with E-state index in [9.17, 15) is 4.79 Å². The first-order valence-electron chi connectivity index (χ1n) is 5.55. The number of hydrogen-bond donors (Lipinski definition) is 2. The number of ether oxygens (including phenoxy) is 1. The van der Waals surface area contributed by atoms with E-state index >= 15 is 0 Å². The molecule has 18 heavy (non-hydrogen) atoms. The van der Waals surface area contributed by atoms with E-state index in [4.69, 9.17) is 21.4 Å². The summed E-state index contributed by atoms with van der Waals surface area (Å²) in [4.78, 5) is 10.9. The predicted octanol–water partition coefficient (Wildman–Crippen LogP) is 2.61. The summed E-state index contributed by atoms with van der Waals surface area (Å²) in [6, 6.07) is 4.90. The van der Waals surface area contributed by atoms with Crippen molar-refractivity contribution in [3.05, 3.63) is 33.3 Å². The highest BCUT2D eigenvalue weighted by Crippen LogP contribution is 2.31. The van der Waals surface area contributed by atoms with Crippen molar-refractivity contribution in [2.24, 2.45) is 0 Å². The lowest BCUT2D eigenvalue weighted by atomic mass is 10.0. The molecule has 1 aromatic rings. The monoisotopic (exact) mass is 333 g/mol. The number of morpholine rings is 1. The van der Waals surface area contributed by atoms with Gasteiger partial charge in [-0.05, 0) is 19.1 Å². The van der Waals surface area contributed by atoms with Gasteiger partial charge < -0.3 is 9.84 Å². The number of carboxylic acids is 1. The van der Waals surface area contributed by atoms with Crippen LogP contribution < -0.4 is 5.32 Å². The number of carboxylic acid groups (broad SMARTS) is 1. The fourth-order valence-corrected chi connectivity index (χ4v) is 2.81. The summed E-state index contributed by atoms with van der Waals surface area (Å²) in [7, 11) is 0. The van der Waals surface area contributed by atoms with Gasteiger partial charge >= 0.3 is 5.97 Å². The van der Waals surface area contributed by atoms with Gasteiger partial charge in [0, 0.05) is 21.6 Å². The lowest BCUT2D eigenvalue weighted by molar-refractivity contribution is -0.149. The highest BCUT2D eigenvalue weighted by atomic mass is 79.9. The third-order valence-electron chi connectivity index (χ3n) is 2.95. The molecule has 0 saturated carbocycles. The van der Waals surface area contributed by atoms with Gasteiger partial charge in [-0.25, -0.2) is 0 Å². The number of nitrogens with one attached hydrogen (secondary N) is 1. The van der Waals surface area contributed by atoms with E-state index in [0.717, 1.165) is 10.0 Å². The number of benzene rings is 1. The first-order chi connectivity index (χ1) is 8.49. The largest absolute Gasteiger partial charge is 0.480 e. The third kappa shape index (κ3) is 2.85. The van der Waals surface area contributed by atoms with Gasteiger partial charge in [0.2, 0.25) is 0 Å². The van der Waals surface area contributed by atoms with Gasteiger partial charge in [-0.15, -0.1) is 0 Å². The lowest BCUT2D eigenvalue weighted by Crippen LogP contribution is -2.52. The van der Waals surface area contributed by atoms with Gasteiger partial charge in [0.15, 0.2) is 0 Å². The Balaban J connectivity index is 2.15. The molecule has 0 spiro atoms. The second kappa shape index (κ2) is 5.57. The van der Waals surface area contributed by atoms with Crippen molar-refractivity contribution >= 4 is 33.5 Å². The maximum Gasteiger partial charge on any atom is 0.323 e. The summed E-state index contributed by atoms with van der Waals surface area (Å²) >= 11 is 9.50. The number of rotatable bonds is 2. The summed E-state index contributed by atoms with van der Waals surface area (Å²) in [5, 5.41) is 12.6. The summed E-state index contributed by atoms with van der Waals surface area (Å²) in [5.41, 5.74) is 0.864. The average Bonchev–Trinajstić information content (AvgIpc) is 2.28. The predicted molar refractivity (Wildman–Crippen MR) is 71.9 cm³/mol. The quantitative estimate of drug-likeness (QED) is 0.873. The second-order valence-corrected chi connectivity index (χ2v) is 5.54. The van der Waals surface area contributed by atoms with Crippen molar-refractivity contribution in [3.8, 4) is 0 Å². The second-order valence-electron chi connectivity index (χ2n) is 4.22. The summed E-state index contributed by atoms with van der Waals surface area (Å²) in [6.07, 6.45) is -0.628. The molecule has 1 saturated heterocycles. The van der Waals surface area contributed by atoms with Crippen molar-refractivity contribution in [2.75, 3.05) is 6.54 Å². The molecule has 0 aromatic heterocycles. The van der Waals surface area contributed by atoms with Gasteiger partial charge in [-0.2, -0.15) is 0 Å². The topological polar surface area (TPSA) is 58.6 Å². The van der Waals surface area contributed by atoms with Crippen molar-refractivity contribution in [1.29, 1.82) is 0 Å². The Morgan fingerprint density at radius 2 is 2.33 bits per heavy atom. The Labute approximate surface area is 118 Å². The number of hydrogen-bond acceptors (Lipinski definition) is 3. The molecule has 3 atom stereocenters.